The number of alkyl halides is 5. The highest BCUT2D eigenvalue weighted by atomic mass is 19.4. The lowest BCUT2D eigenvalue weighted by Crippen LogP contribution is -2.62. The summed E-state index contributed by atoms with van der Waals surface area (Å²) in [5.74, 6) is 3.41. The Morgan fingerprint density at radius 1 is 0.908 bits per heavy atom. The first-order valence-electron chi connectivity index (χ1n) is 21.3. The number of anilines is 1. The second-order valence-electron chi connectivity index (χ2n) is 17.2. The number of carbonyl (C=O) groups is 2. The standard InChI is InChI=1S/C45H50F7N9O4/c1-44(2,45(50,51)52)39(57-43(64)65-3)40(63)56-37(38(62)23-53-22-33-34(46)18-29(19-35(33)47)36-15-16-60(58-36)41(48)49)17-27-10-7-26(8-11-27)9-12-28-20-54-42(55-21-28)59-24-31-13-14-32(25-59)61(31)30-5-4-6-30/h7-8,10-11,15-16,18-21,30-32,37-39,41,53,62H,4-6,13-14,17,22-25H2,1-3H3,(H,56,63)(H,57,64)/t31?,32?,37-,38-,39+/m0/s1. The molecule has 1 aliphatic carbocycles. The van der Waals surface area contributed by atoms with Crippen LogP contribution in [0.4, 0.5) is 41.5 Å². The van der Waals surface area contributed by atoms with E-state index < -0.39 is 78.6 Å². The van der Waals surface area contributed by atoms with Crippen LogP contribution in [0, 0.1) is 28.9 Å². The van der Waals surface area contributed by atoms with Crippen LogP contribution in [-0.4, -0.2) is 111 Å². The number of aliphatic hydroxyl groups excluding tert-OH is 1. The Balaban J connectivity index is 1.03. The highest BCUT2D eigenvalue weighted by Gasteiger charge is 2.56. The zero-order valence-electron chi connectivity index (χ0n) is 35.9. The van der Waals surface area contributed by atoms with E-state index in [1.807, 2.05) is 5.32 Å². The molecule has 4 heterocycles. The molecule has 3 fully saturated rings. The molecule has 0 radical (unpaired) electrons. The van der Waals surface area contributed by atoms with Gasteiger partial charge in [-0.2, -0.15) is 27.1 Å². The van der Waals surface area contributed by atoms with E-state index >= 15 is 8.78 Å². The first kappa shape index (κ1) is 47.2. The molecule has 7 rings (SSSR count). The van der Waals surface area contributed by atoms with Crippen molar-refractivity contribution in [3.8, 4) is 23.1 Å². The van der Waals surface area contributed by atoms with Crippen molar-refractivity contribution >= 4 is 17.9 Å². The van der Waals surface area contributed by atoms with Crippen LogP contribution in [0.5, 0.6) is 0 Å². The SMILES string of the molecule is COC(=O)N[C@H](C(=O)N[C@@H](Cc1ccc(C#Cc2cnc(N3CC4CCC(C3)N4C3CCC3)nc2)cc1)[C@@H](O)CNCc1c(F)cc(-c2ccn(C(F)F)n2)cc1F)C(C)(C)C(F)(F)F. The lowest BCUT2D eigenvalue weighted by atomic mass is 9.82. The molecule has 13 nitrogen and oxygen atoms in total. The van der Waals surface area contributed by atoms with Crippen LogP contribution in [0.15, 0.2) is 61.1 Å². The van der Waals surface area contributed by atoms with Gasteiger partial charge < -0.3 is 30.7 Å². The Morgan fingerprint density at radius 3 is 2.09 bits per heavy atom. The van der Waals surface area contributed by atoms with Crippen molar-refractivity contribution in [2.75, 3.05) is 31.6 Å². The van der Waals surface area contributed by atoms with Gasteiger partial charge >= 0.3 is 18.8 Å². The van der Waals surface area contributed by atoms with Crippen molar-refractivity contribution in [1.82, 2.24) is 40.6 Å². The summed E-state index contributed by atoms with van der Waals surface area (Å²) in [6.45, 7) is -0.630. The van der Waals surface area contributed by atoms with Gasteiger partial charge in [-0.05, 0) is 81.8 Å². The number of aliphatic hydroxyl groups is 1. The van der Waals surface area contributed by atoms with Crippen LogP contribution in [-0.2, 0) is 22.5 Å². The Morgan fingerprint density at radius 2 is 1.54 bits per heavy atom. The van der Waals surface area contributed by atoms with Gasteiger partial charge in [-0.1, -0.05) is 30.4 Å². The number of carbonyl (C=O) groups excluding carboxylic acids is 2. The van der Waals surface area contributed by atoms with Crippen LogP contribution >= 0.6 is 0 Å². The molecule has 20 heteroatoms. The number of ether oxygens (including phenoxy) is 1. The predicted molar refractivity (Wildman–Crippen MR) is 224 cm³/mol. The summed E-state index contributed by atoms with van der Waals surface area (Å²) in [6, 6.07) is 7.89. The fourth-order valence-electron chi connectivity index (χ4n) is 8.52. The minimum Gasteiger partial charge on any atom is -0.453 e. The Hall–Kier alpha value is -5.78. The van der Waals surface area contributed by atoms with Crippen LogP contribution in [0.1, 0.15) is 74.8 Å². The minimum absolute atomic E-state index is 0.0977. The van der Waals surface area contributed by atoms with Gasteiger partial charge in [0.1, 0.15) is 17.7 Å². The zero-order valence-corrected chi connectivity index (χ0v) is 35.9. The smallest absolute Gasteiger partial charge is 0.407 e. The number of nitrogens with one attached hydrogen (secondary N) is 3. The number of nitrogens with zero attached hydrogens (tertiary/aromatic N) is 6. The molecule has 0 spiro atoms. The normalized spacial score (nSPS) is 19.2. The van der Waals surface area contributed by atoms with E-state index in [1.165, 1.54) is 38.2 Å². The van der Waals surface area contributed by atoms with E-state index in [2.05, 4.69) is 52.1 Å². The quantitative estimate of drug-likeness (QED) is 0.0814. The Kier molecular flexibility index (Phi) is 14.3. The molecule has 4 aromatic rings. The van der Waals surface area contributed by atoms with Gasteiger partial charge in [-0.15, -0.1) is 0 Å². The molecule has 348 valence electrons. The number of piperazine rings is 1. The summed E-state index contributed by atoms with van der Waals surface area (Å²) in [7, 11) is 0.919. The van der Waals surface area contributed by atoms with Crippen LogP contribution in [0.25, 0.3) is 11.3 Å². The first-order valence-corrected chi connectivity index (χ1v) is 21.3. The summed E-state index contributed by atoms with van der Waals surface area (Å²) >= 11 is 0. The summed E-state index contributed by atoms with van der Waals surface area (Å²) in [5.41, 5.74) is -1.76. The molecule has 2 saturated heterocycles. The fraction of sp³-hybridized carbons (Fsp3) is 0.489. The van der Waals surface area contributed by atoms with Gasteiger partial charge in [-0.3, -0.25) is 9.69 Å². The van der Waals surface area contributed by atoms with Crippen LogP contribution in [0.2, 0.25) is 0 Å². The minimum atomic E-state index is -4.98. The maximum atomic E-state index is 15.1. The summed E-state index contributed by atoms with van der Waals surface area (Å²) in [6.07, 6.45) is 2.58. The number of halogens is 7. The number of alkyl carbamates (subject to hydrolysis) is 1. The summed E-state index contributed by atoms with van der Waals surface area (Å²) in [4.78, 5) is 40.0. The number of hydrogen-bond acceptors (Lipinski definition) is 10. The molecule has 2 bridgehead atoms. The molecule has 65 heavy (non-hydrogen) atoms. The molecule has 4 N–H and O–H groups in total. The van der Waals surface area contributed by atoms with E-state index in [-0.39, 0.29) is 17.7 Å². The van der Waals surface area contributed by atoms with E-state index in [4.69, 9.17) is 0 Å². The van der Waals surface area contributed by atoms with E-state index in [1.54, 1.807) is 36.7 Å². The van der Waals surface area contributed by atoms with Gasteiger partial charge in [-0.25, -0.2) is 28.2 Å². The average Bonchev–Trinajstić information content (AvgIpc) is 3.84. The maximum Gasteiger partial charge on any atom is 0.407 e. The highest BCUT2D eigenvalue weighted by molar-refractivity contribution is 5.87. The third-order valence-electron chi connectivity index (χ3n) is 12.6. The van der Waals surface area contributed by atoms with Gasteiger partial charge in [0.05, 0.1) is 35.9 Å². The second-order valence-corrected chi connectivity index (χ2v) is 17.2. The van der Waals surface area contributed by atoms with Crippen molar-refractivity contribution in [3.63, 3.8) is 0 Å². The van der Waals surface area contributed by atoms with Crippen molar-refractivity contribution in [2.45, 2.75) is 108 Å². The molecular weight excluding hydrogens is 864 g/mol. The Labute approximate surface area is 371 Å². The topological polar surface area (TPSA) is 150 Å². The maximum absolute atomic E-state index is 15.1. The van der Waals surface area contributed by atoms with Crippen molar-refractivity contribution in [1.29, 1.82) is 0 Å². The average molecular weight is 914 g/mol. The number of aromatic nitrogens is 4. The van der Waals surface area contributed by atoms with Gasteiger partial charge in [0.25, 0.3) is 0 Å². The van der Waals surface area contributed by atoms with Crippen molar-refractivity contribution < 1.29 is 50.2 Å². The van der Waals surface area contributed by atoms with E-state index in [0.29, 0.717) is 45.4 Å². The molecule has 2 unspecified atom stereocenters. The number of rotatable bonds is 15. The number of hydrogen-bond donors (Lipinski definition) is 4. The number of amides is 2. The largest absolute Gasteiger partial charge is 0.453 e. The number of benzene rings is 2. The fourth-order valence-corrected chi connectivity index (χ4v) is 8.52. The van der Waals surface area contributed by atoms with E-state index in [0.717, 1.165) is 52.4 Å². The van der Waals surface area contributed by atoms with Gasteiger partial charge in [0.15, 0.2) is 0 Å². The third kappa shape index (κ3) is 10.9. The molecule has 5 atom stereocenters. The van der Waals surface area contributed by atoms with E-state index in [9.17, 15) is 36.6 Å². The zero-order chi connectivity index (χ0) is 46.6. The van der Waals surface area contributed by atoms with Crippen molar-refractivity contribution in [2.24, 2.45) is 5.41 Å². The lowest BCUT2D eigenvalue weighted by Gasteiger charge is -2.48. The second kappa shape index (κ2) is 19.8. The highest BCUT2D eigenvalue weighted by Crippen LogP contribution is 2.41. The molecule has 3 aliphatic rings. The molecule has 2 amide bonds. The molecular formula is C45H50F7N9O4. The lowest BCUT2D eigenvalue weighted by molar-refractivity contribution is -0.220. The van der Waals surface area contributed by atoms with Crippen LogP contribution < -0.4 is 20.9 Å². The van der Waals surface area contributed by atoms with Crippen molar-refractivity contribution in [3.05, 3.63) is 94.9 Å². The summed E-state index contributed by atoms with van der Waals surface area (Å²) in [5, 5.41) is 22.1. The number of methoxy groups -OCH3 is 1. The monoisotopic (exact) mass is 913 g/mol. The van der Waals surface area contributed by atoms with Gasteiger partial charge in [0, 0.05) is 79.6 Å². The molecule has 2 aromatic carbocycles. The first-order chi connectivity index (χ1) is 30.9. The molecule has 2 aromatic heterocycles. The van der Waals surface area contributed by atoms with Crippen LogP contribution in [0.3, 0.4) is 0 Å². The third-order valence-corrected chi connectivity index (χ3v) is 12.6. The van der Waals surface area contributed by atoms with Gasteiger partial charge in [0.2, 0.25) is 11.9 Å². The Bertz CT molecular complexity index is 2330. The number of fused-ring (bicyclic) bond motifs is 2. The predicted octanol–water partition coefficient (Wildman–Crippen LogP) is 6.11. The molecule has 1 saturated carbocycles. The summed E-state index contributed by atoms with van der Waals surface area (Å²) < 4.78 is 104. The molecule has 2 aliphatic heterocycles.